The monoisotopic (exact) mass is 475 g/mol. The second-order valence-electron chi connectivity index (χ2n) is 7.28. The van der Waals surface area contributed by atoms with Gasteiger partial charge >= 0.3 is 12.2 Å². The molecule has 4 rings (SSSR count). The molecule has 1 aromatic carbocycles. The average Bonchev–Trinajstić information content (AvgIpc) is 3.10. The van der Waals surface area contributed by atoms with Crippen LogP contribution in [-0.2, 0) is 17.4 Å². The molecule has 0 aliphatic carbocycles. The van der Waals surface area contributed by atoms with Crippen molar-refractivity contribution in [3.8, 4) is 11.5 Å². The Balaban J connectivity index is 1.63. The van der Waals surface area contributed by atoms with Crippen LogP contribution in [0.15, 0.2) is 48.9 Å². The van der Waals surface area contributed by atoms with Gasteiger partial charge < -0.3 is 10.5 Å². The number of alkyl halides is 3. The Morgan fingerprint density at radius 2 is 1.85 bits per heavy atom. The van der Waals surface area contributed by atoms with Crippen molar-refractivity contribution >= 4 is 29.1 Å². The molecule has 0 radical (unpaired) electrons. The summed E-state index contributed by atoms with van der Waals surface area (Å²) in [5.41, 5.74) is 5.00. The second-order valence-corrected chi connectivity index (χ2v) is 7.28. The average molecular weight is 475 g/mol. The minimum atomic E-state index is -4.65. The van der Waals surface area contributed by atoms with E-state index in [9.17, 15) is 27.2 Å². The summed E-state index contributed by atoms with van der Waals surface area (Å²) in [6.45, 7) is 1.33. The maximum atomic E-state index is 14.2. The van der Waals surface area contributed by atoms with Crippen molar-refractivity contribution in [1.82, 2.24) is 9.97 Å². The zero-order valence-corrected chi connectivity index (χ0v) is 17.6. The normalized spacial score (nSPS) is 14.1. The Morgan fingerprint density at radius 3 is 2.56 bits per heavy atom. The minimum absolute atomic E-state index is 0.147. The van der Waals surface area contributed by atoms with Crippen LogP contribution in [0, 0.1) is 5.82 Å². The summed E-state index contributed by atoms with van der Waals surface area (Å²) in [7, 11) is 0. The molecule has 34 heavy (non-hydrogen) atoms. The number of hydrogen-bond donors (Lipinski definition) is 1. The molecule has 3 heterocycles. The number of nitrogens with two attached hydrogens (primary N) is 1. The molecule has 1 aliphatic heterocycles. The number of aryl methyl sites for hydroxylation is 1. The van der Waals surface area contributed by atoms with Gasteiger partial charge in [0.05, 0.1) is 23.1 Å². The lowest BCUT2D eigenvalue weighted by atomic mass is 10.1. The zero-order chi connectivity index (χ0) is 24.6. The van der Waals surface area contributed by atoms with E-state index in [-0.39, 0.29) is 28.7 Å². The molecule has 3 aromatic rings. The first-order valence-electron chi connectivity index (χ1n) is 9.97. The van der Waals surface area contributed by atoms with Crippen LogP contribution in [0.4, 0.5) is 39.5 Å². The Bertz CT molecular complexity index is 1280. The number of carbonyl (C=O) groups excluding carboxylic acids is 2. The van der Waals surface area contributed by atoms with Crippen molar-refractivity contribution in [2.75, 3.05) is 22.1 Å². The number of nitrogen functional groups attached to an aromatic ring is 1. The molecule has 0 atom stereocenters. The first-order valence-corrected chi connectivity index (χ1v) is 9.97. The molecule has 12 heteroatoms. The lowest BCUT2D eigenvalue weighted by Gasteiger charge is -2.19. The van der Waals surface area contributed by atoms with E-state index in [1.807, 2.05) is 0 Å². The Hall–Kier alpha value is -4.22. The number of rotatable bonds is 5. The predicted octanol–water partition coefficient (Wildman–Crippen LogP) is 4.54. The number of pyridine rings is 2. The van der Waals surface area contributed by atoms with Crippen LogP contribution in [0.5, 0.6) is 11.5 Å². The third kappa shape index (κ3) is 4.21. The van der Waals surface area contributed by atoms with Crippen LogP contribution in [0.1, 0.15) is 18.1 Å². The zero-order valence-electron chi connectivity index (χ0n) is 17.6. The number of urea groups is 1. The standard InChI is InChI=1S/C22H17F4N5O3/c1-2-12-7-14(3-4-16(12)34-17-5-6-29-20(27)19(17)23)31-18(32)11-30(21(31)33)15-8-13(9-28-10-15)22(24,25)26/h3-10H,2,11H2,1H3,(H2,27,29). The molecule has 2 aromatic heterocycles. The van der Waals surface area contributed by atoms with E-state index in [1.54, 1.807) is 6.92 Å². The maximum absolute atomic E-state index is 14.2. The van der Waals surface area contributed by atoms with Crippen molar-refractivity contribution in [2.24, 2.45) is 0 Å². The van der Waals surface area contributed by atoms with E-state index < -0.39 is 36.0 Å². The summed E-state index contributed by atoms with van der Waals surface area (Å²) in [6, 6.07) is 5.62. The molecule has 0 saturated carbocycles. The molecule has 0 spiro atoms. The Labute approximate surface area is 190 Å². The number of imide groups is 1. The fourth-order valence-corrected chi connectivity index (χ4v) is 3.41. The van der Waals surface area contributed by atoms with Crippen LogP contribution in [0.25, 0.3) is 0 Å². The molecular weight excluding hydrogens is 458 g/mol. The number of amides is 3. The largest absolute Gasteiger partial charge is 0.454 e. The SMILES string of the molecule is CCc1cc(N2C(=O)CN(c3cncc(C(F)(F)F)c3)C2=O)ccc1Oc1ccnc(N)c1F. The molecule has 1 saturated heterocycles. The first-order chi connectivity index (χ1) is 16.1. The van der Waals surface area contributed by atoms with Gasteiger partial charge in [0.25, 0.3) is 5.91 Å². The summed E-state index contributed by atoms with van der Waals surface area (Å²) in [5, 5.41) is 0. The summed E-state index contributed by atoms with van der Waals surface area (Å²) < 4.78 is 58.9. The number of hydrogen-bond acceptors (Lipinski definition) is 6. The van der Waals surface area contributed by atoms with Crippen molar-refractivity contribution in [3.05, 3.63) is 65.9 Å². The van der Waals surface area contributed by atoms with Crippen molar-refractivity contribution < 1.29 is 31.9 Å². The quantitative estimate of drug-likeness (QED) is 0.429. The third-order valence-electron chi connectivity index (χ3n) is 5.11. The molecule has 176 valence electrons. The molecule has 2 N–H and O–H groups in total. The van der Waals surface area contributed by atoms with Crippen molar-refractivity contribution in [2.45, 2.75) is 19.5 Å². The molecule has 8 nitrogen and oxygen atoms in total. The predicted molar refractivity (Wildman–Crippen MR) is 114 cm³/mol. The minimum Gasteiger partial charge on any atom is -0.454 e. The molecule has 3 amide bonds. The van der Waals surface area contributed by atoms with E-state index in [0.717, 1.165) is 22.1 Å². The lowest BCUT2D eigenvalue weighted by Crippen LogP contribution is -2.33. The first kappa shape index (κ1) is 23.0. The Morgan fingerprint density at radius 1 is 1.09 bits per heavy atom. The summed E-state index contributed by atoms with van der Waals surface area (Å²) in [6.07, 6.45) is -1.25. The molecule has 0 unspecified atom stereocenters. The van der Waals surface area contributed by atoms with Crippen molar-refractivity contribution in [3.63, 3.8) is 0 Å². The maximum Gasteiger partial charge on any atom is 0.417 e. The number of nitrogens with zero attached hydrogens (tertiary/aromatic N) is 4. The van der Waals surface area contributed by atoms with Gasteiger partial charge in [-0.1, -0.05) is 6.92 Å². The van der Waals surface area contributed by atoms with Crippen LogP contribution in [-0.4, -0.2) is 28.5 Å². The molecule has 1 fully saturated rings. The van der Waals surface area contributed by atoms with Crippen LogP contribution in [0.2, 0.25) is 0 Å². The lowest BCUT2D eigenvalue weighted by molar-refractivity contribution is -0.137. The highest BCUT2D eigenvalue weighted by atomic mass is 19.4. The van der Waals surface area contributed by atoms with E-state index in [1.165, 1.54) is 30.5 Å². The van der Waals surface area contributed by atoms with Gasteiger partial charge in [-0.05, 0) is 36.2 Å². The highest BCUT2D eigenvalue weighted by molar-refractivity contribution is 6.26. The fourth-order valence-electron chi connectivity index (χ4n) is 3.41. The topological polar surface area (TPSA) is 102 Å². The van der Waals surface area contributed by atoms with E-state index in [0.29, 0.717) is 18.2 Å². The fraction of sp³-hybridized carbons (Fsp3) is 0.182. The van der Waals surface area contributed by atoms with Crippen LogP contribution in [0.3, 0.4) is 0 Å². The van der Waals surface area contributed by atoms with Gasteiger partial charge in [0.2, 0.25) is 5.82 Å². The summed E-state index contributed by atoms with van der Waals surface area (Å²) in [4.78, 5) is 34.5. The number of carbonyl (C=O) groups is 2. The number of ether oxygens (including phenoxy) is 1. The Kier molecular flexibility index (Phi) is 5.82. The van der Waals surface area contributed by atoms with Gasteiger partial charge in [-0.15, -0.1) is 0 Å². The number of halogens is 4. The third-order valence-corrected chi connectivity index (χ3v) is 5.11. The van der Waals surface area contributed by atoms with E-state index >= 15 is 0 Å². The summed E-state index contributed by atoms with van der Waals surface area (Å²) in [5.74, 6) is -1.67. The molecule has 0 bridgehead atoms. The smallest absolute Gasteiger partial charge is 0.417 e. The van der Waals surface area contributed by atoms with Gasteiger partial charge in [0, 0.05) is 18.5 Å². The van der Waals surface area contributed by atoms with Crippen LogP contribution >= 0.6 is 0 Å². The number of aromatic nitrogens is 2. The van der Waals surface area contributed by atoms with Gasteiger partial charge in [-0.25, -0.2) is 14.7 Å². The van der Waals surface area contributed by atoms with E-state index in [4.69, 9.17) is 10.5 Å². The summed E-state index contributed by atoms with van der Waals surface area (Å²) >= 11 is 0. The van der Waals surface area contributed by atoms with Crippen molar-refractivity contribution in [1.29, 1.82) is 0 Å². The number of anilines is 3. The van der Waals surface area contributed by atoms with Crippen LogP contribution < -0.4 is 20.3 Å². The second kappa shape index (κ2) is 8.61. The highest BCUT2D eigenvalue weighted by Gasteiger charge is 2.39. The van der Waals surface area contributed by atoms with Gasteiger partial charge in [0.15, 0.2) is 11.6 Å². The number of benzene rings is 1. The van der Waals surface area contributed by atoms with Gasteiger partial charge in [-0.3, -0.25) is 14.7 Å². The highest BCUT2D eigenvalue weighted by Crippen LogP contribution is 2.35. The molecule has 1 aliphatic rings. The van der Waals surface area contributed by atoms with Gasteiger partial charge in [-0.2, -0.15) is 17.6 Å². The van der Waals surface area contributed by atoms with E-state index in [2.05, 4.69) is 9.97 Å². The van der Waals surface area contributed by atoms with Gasteiger partial charge in [0.1, 0.15) is 12.3 Å². The molecular formula is C22H17F4N5O3.